The molecule has 0 aliphatic rings. The van der Waals surface area contributed by atoms with Crippen LogP contribution in [0.1, 0.15) is 38.3 Å². The quantitative estimate of drug-likeness (QED) is 0.680. The lowest BCUT2D eigenvalue weighted by Gasteiger charge is -2.15. The topological polar surface area (TPSA) is 30.5 Å². The van der Waals surface area contributed by atoms with Crippen LogP contribution in [0.25, 0.3) is 0 Å². The van der Waals surface area contributed by atoms with Crippen LogP contribution < -0.4 is 14.8 Å². The zero-order valence-electron chi connectivity index (χ0n) is 15.0. The molecule has 130 valence electrons. The van der Waals surface area contributed by atoms with Crippen LogP contribution in [0.4, 0.5) is 0 Å². The first kappa shape index (κ1) is 18.3. The fourth-order valence-corrected chi connectivity index (χ4v) is 2.36. The molecule has 0 spiro atoms. The number of nitrogens with one attached hydrogen (secondary N) is 1. The van der Waals surface area contributed by atoms with E-state index in [-0.39, 0.29) is 0 Å². The van der Waals surface area contributed by atoms with Gasteiger partial charge in [-0.2, -0.15) is 0 Å². The maximum Gasteiger partial charge on any atom is 0.127 e. The summed E-state index contributed by atoms with van der Waals surface area (Å²) in [6, 6.07) is 16.4. The third-order valence-electron chi connectivity index (χ3n) is 3.62. The SMILES string of the molecule is CCCOc1ccc(CNCC(C)C)c(OCc2ccccc2)c1. The Hall–Kier alpha value is -2.00. The lowest BCUT2D eigenvalue weighted by atomic mass is 10.1. The Bertz CT molecular complexity index is 596. The molecular weight excluding hydrogens is 298 g/mol. The lowest BCUT2D eigenvalue weighted by Crippen LogP contribution is -2.19. The average Bonchev–Trinajstić information content (AvgIpc) is 2.60. The molecule has 24 heavy (non-hydrogen) atoms. The number of ether oxygens (including phenoxy) is 2. The Labute approximate surface area is 146 Å². The van der Waals surface area contributed by atoms with Gasteiger partial charge >= 0.3 is 0 Å². The van der Waals surface area contributed by atoms with E-state index in [1.165, 1.54) is 5.56 Å². The monoisotopic (exact) mass is 327 g/mol. The summed E-state index contributed by atoms with van der Waals surface area (Å²) in [5, 5.41) is 3.48. The molecule has 1 N–H and O–H groups in total. The Balaban J connectivity index is 2.06. The van der Waals surface area contributed by atoms with E-state index >= 15 is 0 Å². The molecule has 2 aromatic rings. The van der Waals surface area contributed by atoms with Gasteiger partial charge in [-0.3, -0.25) is 0 Å². The van der Waals surface area contributed by atoms with Gasteiger partial charge in [0.15, 0.2) is 0 Å². The second kappa shape index (κ2) is 9.99. The lowest BCUT2D eigenvalue weighted by molar-refractivity contribution is 0.291. The first-order valence-corrected chi connectivity index (χ1v) is 8.82. The van der Waals surface area contributed by atoms with Crippen molar-refractivity contribution in [3.8, 4) is 11.5 Å². The van der Waals surface area contributed by atoms with Gasteiger partial charge < -0.3 is 14.8 Å². The first-order valence-electron chi connectivity index (χ1n) is 8.82. The van der Waals surface area contributed by atoms with Crippen molar-refractivity contribution in [2.45, 2.75) is 40.3 Å². The largest absolute Gasteiger partial charge is 0.493 e. The summed E-state index contributed by atoms with van der Waals surface area (Å²) in [6.45, 7) is 9.61. The number of benzene rings is 2. The summed E-state index contributed by atoms with van der Waals surface area (Å²) in [6.07, 6.45) is 0.998. The normalized spacial score (nSPS) is 10.8. The Morgan fingerprint density at radius 1 is 1.00 bits per heavy atom. The summed E-state index contributed by atoms with van der Waals surface area (Å²) in [5.74, 6) is 2.39. The Morgan fingerprint density at radius 2 is 1.79 bits per heavy atom. The van der Waals surface area contributed by atoms with Gasteiger partial charge in [0, 0.05) is 18.2 Å². The second-order valence-corrected chi connectivity index (χ2v) is 6.42. The van der Waals surface area contributed by atoms with E-state index < -0.39 is 0 Å². The van der Waals surface area contributed by atoms with E-state index in [0.29, 0.717) is 12.5 Å². The number of hydrogen-bond acceptors (Lipinski definition) is 3. The summed E-state index contributed by atoms with van der Waals surface area (Å²) >= 11 is 0. The molecule has 0 fully saturated rings. The molecule has 0 bridgehead atoms. The second-order valence-electron chi connectivity index (χ2n) is 6.42. The minimum Gasteiger partial charge on any atom is -0.493 e. The van der Waals surface area contributed by atoms with Gasteiger partial charge in [0.2, 0.25) is 0 Å². The van der Waals surface area contributed by atoms with Crippen molar-refractivity contribution in [2.24, 2.45) is 5.92 Å². The smallest absolute Gasteiger partial charge is 0.127 e. The van der Waals surface area contributed by atoms with Crippen LogP contribution >= 0.6 is 0 Å². The van der Waals surface area contributed by atoms with Crippen molar-refractivity contribution in [1.29, 1.82) is 0 Å². The van der Waals surface area contributed by atoms with Gasteiger partial charge in [-0.1, -0.05) is 57.2 Å². The molecule has 2 aromatic carbocycles. The summed E-state index contributed by atoms with van der Waals surface area (Å²) in [5.41, 5.74) is 2.33. The van der Waals surface area contributed by atoms with Gasteiger partial charge in [0.05, 0.1) is 6.61 Å². The minimum absolute atomic E-state index is 0.565. The van der Waals surface area contributed by atoms with E-state index in [1.54, 1.807) is 0 Å². The van der Waals surface area contributed by atoms with Crippen molar-refractivity contribution in [3.63, 3.8) is 0 Å². The van der Waals surface area contributed by atoms with E-state index in [9.17, 15) is 0 Å². The molecular formula is C21H29NO2. The predicted molar refractivity (Wildman–Crippen MR) is 99.5 cm³/mol. The van der Waals surface area contributed by atoms with Gasteiger partial charge in [-0.05, 0) is 30.5 Å². The van der Waals surface area contributed by atoms with Crippen molar-refractivity contribution in [2.75, 3.05) is 13.2 Å². The number of rotatable bonds is 10. The molecule has 0 saturated heterocycles. The fourth-order valence-electron chi connectivity index (χ4n) is 2.36. The van der Waals surface area contributed by atoms with Gasteiger partial charge in [0.25, 0.3) is 0 Å². The molecule has 2 rings (SSSR count). The van der Waals surface area contributed by atoms with Crippen molar-refractivity contribution in [1.82, 2.24) is 5.32 Å². The van der Waals surface area contributed by atoms with Crippen molar-refractivity contribution >= 4 is 0 Å². The minimum atomic E-state index is 0.565. The molecule has 0 radical (unpaired) electrons. The highest BCUT2D eigenvalue weighted by Gasteiger charge is 2.07. The van der Waals surface area contributed by atoms with Gasteiger partial charge in [-0.25, -0.2) is 0 Å². The maximum atomic E-state index is 6.08. The zero-order valence-corrected chi connectivity index (χ0v) is 15.0. The van der Waals surface area contributed by atoms with E-state index in [4.69, 9.17) is 9.47 Å². The predicted octanol–water partition coefficient (Wildman–Crippen LogP) is 4.80. The summed E-state index contributed by atoms with van der Waals surface area (Å²) in [7, 11) is 0. The summed E-state index contributed by atoms with van der Waals surface area (Å²) < 4.78 is 11.8. The molecule has 0 aliphatic carbocycles. The fraction of sp³-hybridized carbons (Fsp3) is 0.429. The molecule has 0 atom stereocenters. The van der Waals surface area contributed by atoms with Crippen LogP contribution in [0.5, 0.6) is 11.5 Å². The third kappa shape index (κ3) is 6.25. The molecule has 0 aromatic heterocycles. The molecule has 0 unspecified atom stereocenters. The van der Waals surface area contributed by atoms with E-state index in [0.717, 1.165) is 43.2 Å². The summed E-state index contributed by atoms with van der Waals surface area (Å²) in [4.78, 5) is 0. The third-order valence-corrected chi connectivity index (χ3v) is 3.62. The van der Waals surface area contributed by atoms with Crippen LogP contribution in [0, 0.1) is 5.92 Å². The molecule has 3 nitrogen and oxygen atoms in total. The van der Waals surface area contributed by atoms with Crippen LogP contribution in [0.15, 0.2) is 48.5 Å². The van der Waals surface area contributed by atoms with E-state index in [2.05, 4.69) is 44.3 Å². The highest BCUT2D eigenvalue weighted by molar-refractivity contribution is 5.41. The number of hydrogen-bond donors (Lipinski definition) is 1. The van der Waals surface area contributed by atoms with Crippen molar-refractivity contribution in [3.05, 3.63) is 59.7 Å². The van der Waals surface area contributed by atoms with E-state index in [1.807, 2.05) is 30.3 Å². The van der Waals surface area contributed by atoms with Crippen molar-refractivity contribution < 1.29 is 9.47 Å². The zero-order chi connectivity index (χ0) is 17.2. The van der Waals surface area contributed by atoms with Crippen LogP contribution in [0.2, 0.25) is 0 Å². The van der Waals surface area contributed by atoms with Gasteiger partial charge in [0.1, 0.15) is 18.1 Å². The molecule has 0 aliphatic heterocycles. The highest BCUT2D eigenvalue weighted by Crippen LogP contribution is 2.26. The average molecular weight is 327 g/mol. The highest BCUT2D eigenvalue weighted by atomic mass is 16.5. The standard InChI is InChI=1S/C21H29NO2/c1-4-12-23-20-11-10-19(15-22-14-17(2)3)21(13-20)24-16-18-8-6-5-7-9-18/h5-11,13,17,22H,4,12,14-16H2,1-3H3. The Morgan fingerprint density at radius 3 is 2.50 bits per heavy atom. The molecule has 0 amide bonds. The molecule has 0 heterocycles. The van der Waals surface area contributed by atoms with Crippen LogP contribution in [-0.4, -0.2) is 13.2 Å². The maximum absolute atomic E-state index is 6.08. The molecule has 3 heteroatoms. The molecule has 0 saturated carbocycles. The van der Waals surface area contributed by atoms with Crippen LogP contribution in [-0.2, 0) is 13.2 Å². The first-order chi connectivity index (χ1) is 11.7. The van der Waals surface area contributed by atoms with Crippen LogP contribution in [0.3, 0.4) is 0 Å². The Kier molecular flexibility index (Phi) is 7.63. The van der Waals surface area contributed by atoms with Gasteiger partial charge in [-0.15, -0.1) is 0 Å².